The Hall–Kier alpha value is -0.830. The smallest absolute Gasteiger partial charge is 0.0950 e. The van der Waals surface area contributed by atoms with Crippen LogP contribution >= 0.6 is 0 Å². The third kappa shape index (κ3) is 3.09. The van der Waals surface area contributed by atoms with Crippen LogP contribution in [0.3, 0.4) is 0 Å². The van der Waals surface area contributed by atoms with Crippen LogP contribution in [0.4, 0.5) is 0 Å². The molecule has 1 aromatic heterocycles. The lowest BCUT2D eigenvalue weighted by atomic mass is 9.83. The SMILES string of the molecule is CCCC1CCC(n2cncc2CCN)CC1. The third-order valence-electron chi connectivity index (χ3n) is 4.05. The zero-order valence-electron chi connectivity index (χ0n) is 10.9. The van der Waals surface area contributed by atoms with E-state index in [1.807, 2.05) is 12.5 Å². The van der Waals surface area contributed by atoms with Crippen molar-refractivity contribution in [2.24, 2.45) is 11.7 Å². The lowest BCUT2D eigenvalue weighted by Crippen LogP contribution is -2.20. The second kappa shape index (κ2) is 6.20. The number of aromatic nitrogens is 2. The lowest BCUT2D eigenvalue weighted by molar-refractivity contribution is 0.259. The molecule has 0 aliphatic heterocycles. The largest absolute Gasteiger partial charge is 0.332 e. The van der Waals surface area contributed by atoms with Gasteiger partial charge in [-0.05, 0) is 38.1 Å². The molecule has 1 aliphatic rings. The summed E-state index contributed by atoms with van der Waals surface area (Å²) in [6.07, 6.45) is 13.1. The van der Waals surface area contributed by atoms with Gasteiger partial charge in [-0.25, -0.2) is 4.98 Å². The minimum atomic E-state index is 0.673. The van der Waals surface area contributed by atoms with Crippen LogP contribution in [0.1, 0.15) is 57.2 Å². The Morgan fingerprint density at radius 2 is 2.12 bits per heavy atom. The van der Waals surface area contributed by atoms with Crippen LogP contribution in [0.15, 0.2) is 12.5 Å². The Kier molecular flexibility index (Phi) is 4.60. The van der Waals surface area contributed by atoms with Crippen LogP contribution < -0.4 is 5.73 Å². The van der Waals surface area contributed by atoms with Crippen molar-refractivity contribution < 1.29 is 0 Å². The van der Waals surface area contributed by atoms with E-state index in [0.29, 0.717) is 6.04 Å². The molecule has 0 atom stereocenters. The van der Waals surface area contributed by atoms with E-state index in [2.05, 4.69) is 16.5 Å². The van der Waals surface area contributed by atoms with E-state index in [-0.39, 0.29) is 0 Å². The van der Waals surface area contributed by atoms with E-state index in [9.17, 15) is 0 Å². The van der Waals surface area contributed by atoms with Gasteiger partial charge in [0.05, 0.1) is 6.33 Å². The maximum Gasteiger partial charge on any atom is 0.0950 e. The summed E-state index contributed by atoms with van der Waals surface area (Å²) in [5.74, 6) is 0.970. The van der Waals surface area contributed by atoms with E-state index in [0.717, 1.165) is 18.9 Å². The fourth-order valence-corrected chi connectivity index (χ4v) is 3.12. The molecule has 1 saturated carbocycles. The number of nitrogens with two attached hydrogens (primary N) is 1. The van der Waals surface area contributed by atoms with Crippen molar-refractivity contribution in [2.75, 3.05) is 6.54 Å². The number of hydrogen-bond acceptors (Lipinski definition) is 2. The van der Waals surface area contributed by atoms with Gasteiger partial charge in [-0.2, -0.15) is 0 Å². The average molecular weight is 235 g/mol. The van der Waals surface area contributed by atoms with Crippen molar-refractivity contribution in [2.45, 2.75) is 57.9 Å². The van der Waals surface area contributed by atoms with Crippen LogP contribution in [-0.4, -0.2) is 16.1 Å². The summed E-state index contributed by atoms with van der Waals surface area (Å²) in [5.41, 5.74) is 6.95. The molecule has 96 valence electrons. The molecule has 0 unspecified atom stereocenters. The first-order valence-electron chi connectivity index (χ1n) is 7.06. The Labute approximate surface area is 104 Å². The van der Waals surface area contributed by atoms with Crippen LogP contribution in [0.25, 0.3) is 0 Å². The second-order valence-corrected chi connectivity index (χ2v) is 5.29. The first-order chi connectivity index (χ1) is 8.35. The van der Waals surface area contributed by atoms with Gasteiger partial charge in [0.25, 0.3) is 0 Å². The quantitative estimate of drug-likeness (QED) is 0.852. The Bertz CT molecular complexity index is 324. The highest BCUT2D eigenvalue weighted by molar-refractivity contribution is 5.01. The lowest BCUT2D eigenvalue weighted by Gasteiger charge is -2.30. The minimum absolute atomic E-state index is 0.673. The van der Waals surface area contributed by atoms with Crippen molar-refractivity contribution in [3.05, 3.63) is 18.2 Å². The van der Waals surface area contributed by atoms with Gasteiger partial charge < -0.3 is 10.3 Å². The zero-order chi connectivity index (χ0) is 12.1. The molecule has 2 N–H and O–H groups in total. The topological polar surface area (TPSA) is 43.8 Å². The van der Waals surface area contributed by atoms with E-state index in [1.165, 1.54) is 44.2 Å². The number of hydrogen-bond donors (Lipinski definition) is 1. The molecular formula is C14H25N3. The fourth-order valence-electron chi connectivity index (χ4n) is 3.12. The highest BCUT2D eigenvalue weighted by atomic mass is 15.1. The molecule has 1 fully saturated rings. The van der Waals surface area contributed by atoms with E-state index < -0.39 is 0 Å². The van der Waals surface area contributed by atoms with Gasteiger partial charge in [0.15, 0.2) is 0 Å². The molecule has 0 radical (unpaired) electrons. The molecule has 1 aromatic rings. The highest BCUT2D eigenvalue weighted by Crippen LogP contribution is 2.34. The van der Waals surface area contributed by atoms with Gasteiger partial charge in [-0.15, -0.1) is 0 Å². The first kappa shape index (κ1) is 12.6. The predicted molar refractivity (Wildman–Crippen MR) is 70.9 cm³/mol. The van der Waals surface area contributed by atoms with Crippen molar-refractivity contribution in [1.82, 2.24) is 9.55 Å². The van der Waals surface area contributed by atoms with Crippen LogP contribution in [-0.2, 0) is 6.42 Å². The molecule has 0 saturated heterocycles. The molecule has 3 heteroatoms. The summed E-state index contributed by atoms with van der Waals surface area (Å²) < 4.78 is 2.37. The normalized spacial score (nSPS) is 25.1. The summed E-state index contributed by atoms with van der Waals surface area (Å²) in [5, 5.41) is 0. The monoisotopic (exact) mass is 235 g/mol. The molecule has 17 heavy (non-hydrogen) atoms. The molecule has 0 bridgehead atoms. The number of nitrogens with zero attached hydrogens (tertiary/aromatic N) is 2. The van der Waals surface area contributed by atoms with Gasteiger partial charge in [0.1, 0.15) is 0 Å². The summed E-state index contributed by atoms with van der Waals surface area (Å²) >= 11 is 0. The summed E-state index contributed by atoms with van der Waals surface area (Å²) in [6.45, 7) is 3.01. The highest BCUT2D eigenvalue weighted by Gasteiger charge is 2.22. The first-order valence-corrected chi connectivity index (χ1v) is 7.06. The van der Waals surface area contributed by atoms with Crippen molar-refractivity contribution in [3.8, 4) is 0 Å². The molecule has 2 rings (SSSR count). The molecule has 0 spiro atoms. The van der Waals surface area contributed by atoms with E-state index in [1.54, 1.807) is 0 Å². The second-order valence-electron chi connectivity index (χ2n) is 5.29. The van der Waals surface area contributed by atoms with Crippen molar-refractivity contribution in [3.63, 3.8) is 0 Å². The van der Waals surface area contributed by atoms with Gasteiger partial charge >= 0.3 is 0 Å². The van der Waals surface area contributed by atoms with Gasteiger partial charge in [0, 0.05) is 24.4 Å². The zero-order valence-corrected chi connectivity index (χ0v) is 10.9. The maximum atomic E-state index is 5.64. The van der Waals surface area contributed by atoms with E-state index >= 15 is 0 Å². The van der Waals surface area contributed by atoms with Crippen LogP contribution in [0.5, 0.6) is 0 Å². The van der Waals surface area contributed by atoms with Gasteiger partial charge in [0.2, 0.25) is 0 Å². The van der Waals surface area contributed by atoms with E-state index in [4.69, 9.17) is 5.73 Å². The predicted octanol–water partition coefficient (Wildman–Crippen LogP) is 2.92. The van der Waals surface area contributed by atoms with Gasteiger partial charge in [-0.1, -0.05) is 19.8 Å². The van der Waals surface area contributed by atoms with Crippen LogP contribution in [0.2, 0.25) is 0 Å². The molecule has 1 heterocycles. The van der Waals surface area contributed by atoms with Crippen molar-refractivity contribution >= 4 is 0 Å². The molecular weight excluding hydrogens is 210 g/mol. The van der Waals surface area contributed by atoms with Gasteiger partial charge in [-0.3, -0.25) is 0 Å². The average Bonchev–Trinajstić information content (AvgIpc) is 2.79. The molecule has 0 amide bonds. The maximum absolute atomic E-state index is 5.64. The molecule has 3 nitrogen and oxygen atoms in total. The van der Waals surface area contributed by atoms with Crippen molar-refractivity contribution in [1.29, 1.82) is 0 Å². The minimum Gasteiger partial charge on any atom is -0.332 e. The Morgan fingerprint density at radius 1 is 1.35 bits per heavy atom. The number of rotatable bonds is 5. The summed E-state index contributed by atoms with van der Waals surface area (Å²) in [4.78, 5) is 4.28. The Balaban J connectivity index is 1.93. The summed E-state index contributed by atoms with van der Waals surface area (Å²) in [7, 11) is 0. The van der Waals surface area contributed by atoms with Crippen LogP contribution in [0, 0.1) is 5.92 Å². The fraction of sp³-hybridized carbons (Fsp3) is 0.786. The molecule has 0 aromatic carbocycles. The number of imidazole rings is 1. The standard InChI is InChI=1S/C14H25N3/c1-2-3-12-4-6-13(7-5-12)17-11-16-10-14(17)8-9-15/h10-13H,2-9,15H2,1H3. The third-order valence-corrected chi connectivity index (χ3v) is 4.05. The Morgan fingerprint density at radius 3 is 2.76 bits per heavy atom. The molecule has 1 aliphatic carbocycles. The summed E-state index contributed by atoms with van der Waals surface area (Å²) in [6, 6.07) is 0.673.